The Labute approximate surface area is 124 Å². The molecule has 2 atom stereocenters. The number of hydrogen-bond acceptors (Lipinski definition) is 3. The van der Waals surface area contributed by atoms with Crippen molar-refractivity contribution in [3.63, 3.8) is 0 Å². The van der Waals surface area contributed by atoms with E-state index in [0.29, 0.717) is 13.0 Å². The third kappa shape index (κ3) is 3.42. The molecule has 1 aliphatic heterocycles. The number of fused-ring (bicyclic) bond motifs is 1. The highest BCUT2D eigenvalue weighted by molar-refractivity contribution is 5.97. The SMILES string of the molecule is CC(CCCN)C(=O)N1CC(C(=O)O)Cc2ccccc21. The lowest BCUT2D eigenvalue weighted by atomic mass is 9.91. The molecule has 5 nitrogen and oxygen atoms in total. The molecule has 1 aliphatic rings. The third-order valence-corrected chi connectivity index (χ3v) is 4.03. The number of rotatable bonds is 5. The Bertz CT molecular complexity index is 530. The van der Waals surface area contributed by atoms with Gasteiger partial charge in [-0.05, 0) is 37.4 Å². The van der Waals surface area contributed by atoms with Crippen LogP contribution in [-0.2, 0) is 16.0 Å². The van der Waals surface area contributed by atoms with E-state index >= 15 is 0 Å². The van der Waals surface area contributed by atoms with Crippen LogP contribution in [0.15, 0.2) is 24.3 Å². The van der Waals surface area contributed by atoms with Gasteiger partial charge in [-0.1, -0.05) is 25.1 Å². The van der Waals surface area contributed by atoms with Crippen LogP contribution >= 0.6 is 0 Å². The van der Waals surface area contributed by atoms with E-state index < -0.39 is 11.9 Å². The van der Waals surface area contributed by atoms with Crippen LogP contribution in [0.1, 0.15) is 25.3 Å². The van der Waals surface area contributed by atoms with Crippen LogP contribution in [-0.4, -0.2) is 30.1 Å². The van der Waals surface area contributed by atoms with Crippen LogP contribution in [0, 0.1) is 11.8 Å². The number of carbonyl (C=O) groups excluding carboxylic acids is 1. The lowest BCUT2D eigenvalue weighted by Gasteiger charge is -2.34. The lowest BCUT2D eigenvalue weighted by Crippen LogP contribution is -2.44. The summed E-state index contributed by atoms with van der Waals surface area (Å²) in [7, 11) is 0. The highest BCUT2D eigenvalue weighted by Gasteiger charge is 2.33. The topological polar surface area (TPSA) is 83.6 Å². The predicted octanol–water partition coefficient (Wildman–Crippen LogP) is 1.65. The van der Waals surface area contributed by atoms with Crippen molar-refractivity contribution in [3.8, 4) is 0 Å². The van der Waals surface area contributed by atoms with Gasteiger partial charge >= 0.3 is 5.97 Å². The Hall–Kier alpha value is -1.88. The average Bonchev–Trinajstić information content (AvgIpc) is 2.50. The van der Waals surface area contributed by atoms with Crippen LogP contribution in [0.3, 0.4) is 0 Å². The zero-order chi connectivity index (χ0) is 15.4. The first-order valence-corrected chi connectivity index (χ1v) is 7.36. The minimum atomic E-state index is -0.850. The molecule has 1 aromatic carbocycles. The summed E-state index contributed by atoms with van der Waals surface area (Å²) in [5.74, 6) is -1.54. The summed E-state index contributed by atoms with van der Waals surface area (Å²) in [6.45, 7) is 2.69. The summed E-state index contributed by atoms with van der Waals surface area (Å²) >= 11 is 0. The second-order valence-electron chi connectivity index (χ2n) is 5.65. The molecule has 0 saturated carbocycles. The molecular formula is C16H22N2O3. The molecular weight excluding hydrogens is 268 g/mol. The molecule has 0 saturated heterocycles. The number of amides is 1. The Kier molecular flexibility index (Phi) is 4.96. The summed E-state index contributed by atoms with van der Waals surface area (Å²) in [5, 5.41) is 9.29. The van der Waals surface area contributed by atoms with Gasteiger partial charge in [0.2, 0.25) is 5.91 Å². The van der Waals surface area contributed by atoms with E-state index in [9.17, 15) is 14.7 Å². The number of anilines is 1. The van der Waals surface area contributed by atoms with Crippen molar-refractivity contribution in [1.82, 2.24) is 0 Å². The molecule has 3 N–H and O–H groups in total. The summed E-state index contributed by atoms with van der Waals surface area (Å²) in [6, 6.07) is 7.55. The fraction of sp³-hybridized carbons (Fsp3) is 0.500. The van der Waals surface area contributed by atoms with Crippen molar-refractivity contribution in [2.24, 2.45) is 17.6 Å². The van der Waals surface area contributed by atoms with Crippen molar-refractivity contribution in [2.45, 2.75) is 26.2 Å². The van der Waals surface area contributed by atoms with Gasteiger partial charge in [0.25, 0.3) is 0 Å². The first-order valence-electron chi connectivity index (χ1n) is 7.36. The molecule has 2 unspecified atom stereocenters. The molecule has 5 heteroatoms. The quantitative estimate of drug-likeness (QED) is 0.863. The van der Waals surface area contributed by atoms with Gasteiger partial charge in [0.1, 0.15) is 0 Å². The Morgan fingerprint density at radius 2 is 2.14 bits per heavy atom. The molecule has 2 rings (SSSR count). The van der Waals surface area contributed by atoms with E-state index in [1.807, 2.05) is 31.2 Å². The van der Waals surface area contributed by atoms with Crippen molar-refractivity contribution in [2.75, 3.05) is 18.0 Å². The van der Waals surface area contributed by atoms with Gasteiger partial charge in [-0.3, -0.25) is 9.59 Å². The number of hydrogen-bond donors (Lipinski definition) is 2. The van der Waals surface area contributed by atoms with Gasteiger partial charge in [0, 0.05) is 18.2 Å². The fourth-order valence-corrected chi connectivity index (χ4v) is 2.78. The van der Waals surface area contributed by atoms with Crippen molar-refractivity contribution in [3.05, 3.63) is 29.8 Å². The van der Waals surface area contributed by atoms with Gasteiger partial charge in [-0.15, -0.1) is 0 Å². The molecule has 0 bridgehead atoms. The summed E-state index contributed by atoms with van der Waals surface area (Å²) in [5.41, 5.74) is 7.26. The van der Waals surface area contributed by atoms with Crippen molar-refractivity contribution in [1.29, 1.82) is 0 Å². The molecule has 0 radical (unpaired) electrons. The molecule has 0 aliphatic carbocycles. The number of aliphatic carboxylic acids is 1. The Morgan fingerprint density at radius 1 is 1.43 bits per heavy atom. The first-order chi connectivity index (χ1) is 10.0. The zero-order valence-corrected chi connectivity index (χ0v) is 12.3. The molecule has 0 fully saturated rings. The number of nitrogens with two attached hydrogens (primary N) is 1. The Balaban J connectivity index is 2.24. The van der Waals surface area contributed by atoms with Crippen LogP contribution in [0.2, 0.25) is 0 Å². The van der Waals surface area contributed by atoms with E-state index in [1.54, 1.807) is 4.90 Å². The number of carbonyl (C=O) groups is 2. The monoisotopic (exact) mass is 290 g/mol. The second-order valence-corrected chi connectivity index (χ2v) is 5.65. The smallest absolute Gasteiger partial charge is 0.308 e. The van der Waals surface area contributed by atoms with E-state index in [2.05, 4.69) is 0 Å². The molecule has 1 aromatic rings. The maximum Gasteiger partial charge on any atom is 0.308 e. The van der Waals surface area contributed by atoms with E-state index in [-0.39, 0.29) is 18.4 Å². The van der Waals surface area contributed by atoms with Gasteiger partial charge in [0.05, 0.1) is 5.92 Å². The minimum absolute atomic E-state index is 0.0122. The molecule has 0 aromatic heterocycles. The molecule has 0 spiro atoms. The van der Waals surface area contributed by atoms with Gasteiger partial charge < -0.3 is 15.7 Å². The Morgan fingerprint density at radius 3 is 2.81 bits per heavy atom. The molecule has 1 amide bonds. The predicted molar refractivity (Wildman–Crippen MR) is 81.1 cm³/mol. The van der Waals surface area contributed by atoms with Crippen molar-refractivity contribution >= 4 is 17.6 Å². The van der Waals surface area contributed by atoms with Crippen LogP contribution < -0.4 is 10.6 Å². The minimum Gasteiger partial charge on any atom is -0.481 e. The average molecular weight is 290 g/mol. The number of nitrogens with zero attached hydrogens (tertiary/aromatic N) is 1. The largest absolute Gasteiger partial charge is 0.481 e. The third-order valence-electron chi connectivity index (χ3n) is 4.03. The van der Waals surface area contributed by atoms with E-state index in [0.717, 1.165) is 24.1 Å². The molecule has 21 heavy (non-hydrogen) atoms. The number of para-hydroxylation sites is 1. The fourth-order valence-electron chi connectivity index (χ4n) is 2.78. The maximum absolute atomic E-state index is 12.6. The zero-order valence-electron chi connectivity index (χ0n) is 12.3. The second kappa shape index (κ2) is 6.72. The summed E-state index contributed by atoms with van der Waals surface area (Å²) < 4.78 is 0. The molecule has 1 heterocycles. The number of carboxylic acids is 1. The van der Waals surface area contributed by atoms with Crippen molar-refractivity contribution < 1.29 is 14.7 Å². The van der Waals surface area contributed by atoms with Crippen LogP contribution in [0.5, 0.6) is 0 Å². The van der Waals surface area contributed by atoms with Crippen LogP contribution in [0.25, 0.3) is 0 Å². The highest BCUT2D eigenvalue weighted by Crippen LogP contribution is 2.31. The van der Waals surface area contributed by atoms with Gasteiger partial charge in [-0.2, -0.15) is 0 Å². The van der Waals surface area contributed by atoms with E-state index in [4.69, 9.17) is 5.73 Å². The lowest BCUT2D eigenvalue weighted by molar-refractivity contribution is -0.141. The van der Waals surface area contributed by atoms with Gasteiger partial charge in [-0.25, -0.2) is 0 Å². The maximum atomic E-state index is 12.6. The summed E-state index contributed by atoms with van der Waals surface area (Å²) in [6.07, 6.45) is 2.00. The van der Waals surface area contributed by atoms with Gasteiger partial charge in [0.15, 0.2) is 0 Å². The standard InChI is InChI=1S/C16H22N2O3/c1-11(5-4-8-17)15(19)18-10-13(16(20)21)9-12-6-2-3-7-14(12)18/h2-3,6-7,11,13H,4-5,8-10,17H2,1H3,(H,20,21). The van der Waals surface area contributed by atoms with Crippen LogP contribution in [0.4, 0.5) is 5.69 Å². The first kappa shape index (κ1) is 15.5. The number of carboxylic acid groups (broad SMARTS) is 1. The summed E-state index contributed by atoms with van der Waals surface area (Å²) in [4.78, 5) is 25.6. The highest BCUT2D eigenvalue weighted by atomic mass is 16.4. The van der Waals surface area contributed by atoms with E-state index in [1.165, 1.54) is 0 Å². The number of benzene rings is 1. The normalized spacial score (nSPS) is 19.0. The molecule has 114 valence electrons.